The number of nitrogens with one attached hydrogen (secondary N) is 1. The van der Waals surface area contributed by atoms with Crippen LogP contribution in [0.4, 0.5) is 0 Å². The highest BCUT2D eigenvalue weighted by Gasteiger charge is 2.01. The van der Waals surface area contributed by atoms with E-state index in [-0.39, 0.29) is 0 Å². The Morgan fingerprint density at radius 3 is 2.75 bits per heavy atom. The Bertz CT molecular complexity index is 289. The van der Waals surface area contributed by atoms with Crippen molar-refractivity contribution in [3.63, 3.8) is 0 Å². The first kappa shape index (κ1) is 13.3. The highest BCUT2D eigenvalue weighted by atomic mass is 15.1. The summed E-state index contributed by atoms with van der Waals surface area (Å²) in [5, 5.41) is 3.46. The molecule has 0 aromatic carbocycles. The SMILES string of the molecule is CC(C)NCc1cccn1CCCN(C)C. The molecule has 0 saturated heterocycles. The Hall–Kier alpha value is -0.800. The molecule has 0 saturated carbocycles. The molecule has 0 radical (unpaired) electrons. The van der Waals surface area contributed by atoms with Crippen LogP contribution in [0, 0.1) is 0 Å². The molecular formula is C13H25N3. The van der Waals surface area contributed by atoms with Gasteiger partial charge >= 0.3 is 0 Å². The zero-order chi connectivity index (χ0) is 12.0. The lowest BCUT2D eigenvalue weighted by Gasteiger charge is -2.13. The van der Waals surface area contributed by atoms with Gasteiger partial charge in [0.15, 0.2) is 0 Å². The Morgan fingerprint density at radius 2 is 2.12 bits per heavy atom. The lowest BCUT2D eigenvalue weighted by Crippen LogP contribution is -2.23. The first-order chi connectivity index (χ1) is 7.59. The maximum Gasteiger partial charge on any atom is 0.0361 e. The predicted molar refractivity (Wildman–Crippen MR) is 69.6 cm³/mol. The summed E-state index contributed by atoms with van der Waals surface area (Å²) in [4.78, 5) is 2.23. The number of rotatable bonds is 7. The molecule has 0 spiro atoms. The lowest BCUT2D eigenvalue weighted by atomic mass is 10.3. The molecule has 0 aliphatic carbocycles. The molecule has 1 heterocycles. The first-order valence-electron chi connectivity index (χ1n) is 6.11. The van der Waals surface area contributed by atoms with Crippen LogP contribution in [0.25, 0.3) is 0 Å². The summed E-state index contributed by atoms with van der Waals surface area (Å²) in [6.07, 6.45) is 3.38. The topological polar surface area (TPSA) is 20.2 Å². The van der Waals surface area contributed by atoms with Crippen LogP contribution in [0.2, 0.25) is 0 Å². The summed E-state index contributed by atoms with van der Waals surface area (Å²) in [6.45, 7) is 7.58. The van der Waals surface area contributed by atoms with Gasteiger partial charge in [0.1, 0.15) is 0 Å². The van der Waals surface area contributed by atoms with E-state index < -0.39 is 0 Å². The molecule has 1 N–H and O–H groups in total. The second kappa shape index (κ2) is 6.71. The van der Waals surface area contributed by atoms with Crippen molar-refractivity contribution in [2.75, 3.05) is 20.6 Å². The third kappa shape index (κ3) is 4.81. The molecule has 92 valence electrons. The maximum atomic E-state index is 3.46. The molecule has 0 amide bonds. The molecule has 0 fully saturated rings. The molecule has 1 aromatic rings. The molecule has 0 aliphatic heterocycles. The zero-order valence-corrected chi connectivity index (χ0v) is 11.0. The third-order valence-corrected chi connectivity index (χ3v) is 2.62. The zero-order valence-electron chi connectivity index (χ0n) is 11.0. The molecule has 0 atom stereocenters. The molecule has 1 aromatic heterocycles. The van der Waals surface area contributed by atoms with E-state index in [9.17, 15) is 0 Å². The minimum absolute atomic E-state index is 0.546. The van der Waals surface area contributed by atoms with Crippen molar-refractivity contribution < 1.29 is 0 Å². The number of aryl methyl sites for hydroxylation is 1. The Morgan fingerprint density at radius 1 is 1.38 bits per heavy atom. The second-order valence-electron chi connectivity index (χ2n) is 4.89. The summed E-state index contributed by atoms with van der Waals surface area (Å²) in [5.74, 6) is 0. The van der Waals surface area contributed by atoms with Gasteiger partial charge in [-0.05, 0) is 39.2 Å². The van der Waals surface area contributed by atoms with Crippen molar-refractivity contribution in [3.05, 3.63) is 24.0 Å². The summed E-state index contributed by atoms with van der Waals surface area (Å²) >= 11 is 0. The number of hydrogen-bond acceptors (Lipinski definition) is 2. The van der Waals surface area contributed by atoms with Crippen molar-refractivity contribution >= 4 is 0 Å². The Kier molecular flexibility index (Phi) is 5.56. The monoisotopic (exact) mass is 223 g/mol. The average Bonchev–Trinajstić information content (AvgIpc) is 2.62. The van der Waals surface area contributed by atoms with Crippen LogP contribution in [0.15, 0.2) is 18.3 Å². The van der Waals surface area contributed by atoms with E-state index in [2.05, 4.69) is 61.1 Å². The Balaban J connectivity index is 2.38. The highest BCUT2D eigenvalue weighted by molar-refractivity contribution is 5.06. The molecule has 1 rings (SSSR count). The van der Waals surface area contributed by atoms with Crippen molar-refractivity contribution in [1.29, 1.82) is 0 Å². The summed E-state index contributed by atoms with van der Waals surface area (Å²) in [5.41, 5.74) is 1.38. The fourth-order valence-corrected chi connectivity index (χ4v) is 1.69. The second-order valence-corrected chi connectivity index (χ2v) is 4.89. The van der Waals surface area contributed by atoms with Gasteiger partial charge in [0.25, 0.3) is 0 Å². The smallest absolute Gasteiger partial charge is 0.0361 e. The third-order valence-electron chi connectivity index (χ3n) is 2.62. The largest absolute Gasteiger partial charge is 0.350 e. The number of aromatic nitrogens is 1. The van der Waals surface area contributed by atoms with Crippen LogP contribution >= 0.6 is 0 Å². The van der Waals surface area contributed by atoms with E-state index in [1.807, 2.05) is 0 Å². The number of nitrogens with zero attached hydrogens (tertiary/aromatic N) is 2. The standard InChI is InChI=1S/C13H25N3/c1-12(2)14-11-13-7-5-9-16(13)10-6-8-15(3)4/h5,7,9,12,14H,6,8,10-11H2,1-4H3. The minimum Gasteiger partial charge on any atom is -0.350 e. The maximum absolute atomic E-state index is 3.46. The van der Waals surface area contributed by atoms with Crippen LogP contribution in [-0.2, 0) is 13.1 Å². The van der Waals surface area contributed by atoms with E-state index in [4.69, 9.17) is 0 Å². The molecule has 0 unspecified atom stereocenters. The van der Waals surface area contributed by atoms with Crippen molar-refractivity contribution in [2.24, 2.45) is 0 Å². The van der Waals surface area contributed by atoms with Gasteiger partial charge in [-0.15, -0.1) is 0 Å². The van der Waals surface area contributed by atoms with Crippen molar-refractivity contribution in [2.45, 2.75) is 39.4 Å². The van der Waals surface area contributed by atoms with Gasteiger partial charge in [-0.25, -0.2) is 0 Å². The Labute approximate surface area is 99.4 Å². The molecular weight excluding hydrogens is 198 g/mol. The molecule has 16 heavy (non-hydrogen) atoms. The van der Waals surface area contributed by atoms with E-state index in [1.165, 1.54) is 12.1 Å². The van der Waals surface area contributed by atoms with Gasteiger partial charge in [0.2, 0.25) is 0 Å². The van der Waals surface area contributed by atoms with Gasteiger partial charge in [-0.1, -0.05) is 13.8 Å². The fraction of sp³-hybridized carbons (Fsp3) is 0.692. The molecule has 3 nitrogen and oxygen atoms in total. The van der Waals surface area contributed by atoms with Gasteiger partial charge in [0, 0.05) is 31.0 Å². The van der Waals surface area contributed by atoms with Crippen LogP contribution < -0.4 is 5.32 Å². The van der Waals surface area contributed by atoms with Crippen molar-refractivity contribution in [1.82, 2.24) is 14.8 Å². The normalized spacial score (nSPS) is 11.6. The number of hydrogen-bond donors (Lipinski definition) is 1. The van der Waals surface area contributed by atoms with Gasteiger partial charge in [0.05, 0.1) is 0 Å². The van der Waals surface area contributed by atoms with Crippen molar-refractivity contribution in [3.8, 4) is 0 Å². The average molecular weight is 223 g/mol. The van der Waals surface area contributed by atoms with E-state index in [1.54, 1.807) is 0 Å². The minimum atomic E-state index is 0.546. The highest BCUT2D eigenvalue weighted by Crippen LogP contribution is 2.04. The van der Waals surface area contributed by atoms with Gasteiger partial charge in [-0.2, -0.15) is 0 Å². The molecule has 0 bridgehead atoms. The first-order valence-corrected chi connectivity index (χ1v) is 6.11. The van der Waals surface area contributed by atoms with Gasteiger partial charge < -0.3 is 14.8 Å². The van der Waals surface area contributed by atoms with Crippen LogP contribution in [0.5, 0.6) is 0 Å². The summed E-state index contributed by atoms with van der Waals surface area (Å²) in [7, 11) is 4.24. The van der Waals surface area contributed by atoms with E-state index in [0.717, 1.165) is 19.6 Å². The van der Waals surface area contributed by atoms with Crippen LogP contribution in [-0.4, -0.2) is 36.1 Å². The van der Waals surface area contributed by atoms with Crippen LogP contribution in [0.1, 0.15) is 26.0 Å². The summed E-state index contributed by atoms with van der Waals surface area (Å²) < 4.78 is 2.35. The fourth-order valence-electron chi connectivity index (χ4n) is 1.69. The lowest BCUT2D eigenvalue weighted by molar-refractivity contribution is 0.384. The van der Waals surface area contributed by atoms with E-state index >= 15 is 0 Å². The summed E-state index contributed by atoms with van der Waals surface area (Å²) in [6, 6.07) is 4.88. The quantitative estimate of drug-likeness (QED) is 0.762. The van der Waals surface area contributed by atoms with Crippen LogP contribution in [0.3, 0.4) is 0 Å². The predicted octanol–water partition coefficient (Wildman–Crippen LogP) is 1.94. The molecule has 0 aliphatic rings. The molecule has 3 heteroatoms. The van der Waals surface area contributed by atoms with Gasteiger partial charge in [-0.3, -0.25) is 0 Å². The van der Waals surface area contributed by atoms with E-state index in [0.29, 0.717) is 6.04 Å².